The third-order valence-electron chi connectivity index (χ3n) is 2.80. The SMILES string of the molecule is OCC1CCN(Cc2cnc(Cl)nc2Cl)C1. The molecule has 0 radical (unpaired) electrons. The van der Waals surface area contributed by atoms with Gasteiger partial charge in [-0.15, -0.1) is 0 Å². The highest BCUT2D eigenvalue weighted by atomic mass is 35.5. The molecule has 1 aliphatic rings. The molecule has 1 aromatic rings. The Morgan fingerprint density at radius 3 is 2.94 bits per heavy atom. The molecule has 88 valence electrons. The van der Waals surface area contributed by atoms with E-state index in [1.165, 1.54) is 0 Å². The van der Waals surface area contributed by atoms with Crippen molar-refractivity contribution < 1.29 is 5.11 Å². The third kappa shape index (κ3) is 2.83. The first-order chi connectivity index (χ1) is 7.69. The molecule has 6 heteroatoms. The molecule has 4 nitrogen and oxygen atoms in total. The normalized spacial score (nSPS) is 21.6. The average molecular weight is 262 g/mol. The molecule has 0 saturated carbocycles. The van der Waals surface area contributed by atoms with Crippen molar-refractivity contribution in [3.8, 4) is 0 Å². The lowest BCUT2D eigenvalue weighted by Gasteiger charge is -2.15. The van der Waals surface area contributed by atoms with Gasteiger partial charge in [-0.3, -0.25) is 4.90 Å². The molecule has 1 N–H and O–H groups in total. The van der Waals surface area contributed by atoms with Crippen molar-refractivity contribution >= 4 is 23.2 Å². The lowest BCUT2D eigenvalue weighted by Crippen LogP contribution is -2.21. The fourth-order valence-electron chi connectivity index (χ4n) is 1.92. The van der Waals surface area contributed by atoms with Crippen molar-refractivity contribution in [2.24, 2.45) is 5.92 Å². The van der Waals surface area contributed by atoms with Crippen molar-refractivity contribution in [1.29, 1.82) is 0 Å². The van der Waals surface area contributed by atoms with Gasteiger partial charge in [-0.05, 0) is 30.5 Å². The van der Waals surface area contributed by atoms with E-state index >= 15 is 0 Å². The Hall–Kier alpha value is -0.420. The van der Waals surface area contributed by atoms with Crippen molar-refractivity contribution in [2.75, 3.05) is 19.7 Å². The predicted molar refractivity (Wildman–Crippen MR) is 62.5 cm³/mol. The molecular weight excluding hydrogens is 249 g/mol. The van der Waals surface area contributed by atoms with Crippen LogP contribution in [0.25, 0.3) is 0 Å². The molecule has 1 atom stereocenters. The molecule has 1 aliphatic heterocycles. The van der Waals surface area contributed by atoms with Crippen LogP contribution in [-0.4, -0.2) is 39.7 Å². The maximum Gasteiger partial charge on any atom is 0.223 e. The van der Waals surface area contributed by atoms with Gasteiger partial charge in [-0.2, -0.15) is 0 Å². The second-order valence-electron chi connectivity index (χ2n) is 4.03. The molecule has 0 spiro atoms. The molecule has 0 aliphatic carbocycles. The molecule has 2 heterocycles. The first-order valence-corrected chi connectivity index (χ1v) is 5.94. The van der Waals surface area contributed by atoms with Crippen LogP contribution in [0.3, 0.4) is 0 Å². The lowest BCUT2D eigenvalue weighted by molar-refractivity contribution is 0.220. The number of aromatic nitrogens is 2. The van der Waals surface area contributed by atoms with Gasteiger partial charge in [0.05, 0.1) is 0 Å². The van der Waals surface area contributed by atoms with Crippen LogP contribution < -0.4 is 0 Å². The van der Waals surface area contributed by atoms with E-state index in [0.717, 1.165) is 25.1 Å². The maximum absolute atomic E-state index is 9.05. The summed E-state index contributed by atoms with van der Waals surface area (Å²) in [5.74, 6) is 0.381. The van der Waals surface area contributed by atoms with Crippen LogP contribution in [0.4, 0.5) is 0 Å². The Morgan fingerprint density at radius 2 is 2.31 bits per heavy atom. The van der Waals surface area contributed by atoms with Crippen molar-refractivity contribution in [1.82, 2.24) is 14.9 Å². The zero-order chi connectivity index (χ0) is 11.5. The highest BCUT2D eigenvalue weighted by Crippen LogP contribution is 2.21. The highest BCUT2D eigenvalue weighted by Gasteiger charge is 2.22. The Morgan fingerprint density at radius 1 is 1.50 bits per heavy atom. The van der Waals surface area contributed by atoms with E-state index in [1.807, 2.05) is 0 Å². The molecule has 0 bridgehead atoms. The summed E-state index contributed by atoms with van der Waals surface area (Å²) in [7, 11) is 0. The van der Waals surface area contributed by atoms with Crippen LogP contribution in [0.15, 0.2) is 6.20 Å². The van der Waals surface area contributed by atoms with Crippen molar-refractivity contribution in [3.63, 3.8) is 0 Å². The van der Waals surface area contributed by atoms with E-state index in [9.17, 15) is 0 Å². The van der Waals surface area contributed by atoms with Gasteiger partial charge in [-0.25, -0.2) is 9.97 Å². The topological polar surface area (TPSA) is 49.2 Å². The quantitative estimate of drug-likeness (QED) is 0.664. The summed E-state index contributed by atoms with van der Waals surface area (Å²) in [4.78, 5) is 10.0. The Kier molecular flexibility index (Phi) is 3.97. The van der Waals surface area contributed by atoms with Crippen LogP contribution in [0.2, 0.25) is 10.4 Å². The largest absolute Gasteiger partial charge is 0.396 e. The minimum Gasteiger partial charge on any atom is -0.396 e. The van der Waals surface area contributed by atoms with E-state index in [4.69, 9.17) is 28.3 Å². The Balaban J connectivity index is 1.99. The second-order valence-corrected chi connectivity index (χ2v) is 4.72. The number of likely N-dealkylation sites (tertiary alicyclic amines) is 1. The Bertz CT molecular complexity index is 375. The first-order valence-electron chi connectivity index (χ1n) is 5.19. The summed E-state index contributed by atoms with van der Waals surface area (Å²) < 4.78 is 0. The van der Waals surface area contributed by atoms with Crippen LogP contribution in [-0.2, 0) is 6.54 Å². The van der Waals surface area contributed by atoms with E-state index in [2.05, 4.69) is 14.9 Å². The van der Waals surface area contributed by atoms with Gasteiger partial charge in [0, 0.05) is 31.5 Å². The van der Waals surface area contributed by atoms with Crippen LogP contribution in [0.1, 0.15) is 12.0 Å². The van der Waals surface area contributed by atoms with E-state index < -0.39 is 0 Å². The molecule has 1 unspecified atom stereocenters. The van der Waals surface area contributed by atoms with Gasteiger partial charge in [-0.1, -0.05) is 11.6 Å². The number of nitrogens with zero attached hydrogens (tertiary/aromatic N) is 3. The van der Waals surface area contributed by atoms with Crippen LogP contribution in [0, 0.1) is 5.92 Å². The third-order valence-corrected chi connectivity index (χ3v) is 3.31. The molecule has 1 fully saturated rings. The highest BCUT2D eigenvalue weighted by molar-refractivity contribution is 6.32. The van der Waals surface area contributed by atoms with E-state index in [1.54, 1.807) is 6.20 Å². The van der Waals surface area contributed by atoms with Gasteiger partial charge in [0.15, 0.2) is 0 Å². The summed E-state index contributed by atoms with van der Waals surface area (Å²) in [6.07, 6.45) is 2.69. The van der Waals surface area contributed by atoms with Gasteiger partial charge in [0.25, 0.3) is 0 Å². The molecular formula is C10H13Cl2N3O. The molecule has 16 heavy (non-hydrogen) atoms. The monoisotopic (exact) mass is 261 g/mol. The van der Waals surface area contributed by atoms with E-state index in [-0.39, 0.29) is 11.9 Å². The smallest absolute Gasteiger partial charge is 0.223 e. The predicted octanol–water partition coefficient (Wildman–Crippen LogP) is 1.60. The fourth-order valence-corrected chi connectivity index (χ4v) is 2.28. The molecule has 0 amide bonds. The summed E-state index contributed by atoms with van der Waals surface area (Å²) in [6, 6.07) is 0. The van der Waals surface area contributed by atoms with Gasteiger partial charge >= 0.3 is 0 Å². The first kappa shape index (κ1) is 12.0. The lowest BCUT2D eigenvalue weighted by atomic mass is 10.1. The van der Waals surface area contributed by atoms with Gasteiger partial charge in [0.1, 0.15) is 5.15 Å². The molecule has 1 aromatic heterocycles. The van der Waals surface area contributed by atoms with E-state index in [0.29, 0.717) is 17.6 Å². The average Bonchev–Trinajstić information content (AvgIpc) is 2.70. The number of rotatable bonds is 3. The molecule has 1 saturated heterocycles. The van der Waals surface area contributed by atoms with Crippen molar-refractivity contribution in [2.45, 2.75) is 13.0 Å². The minimum atomic E-state index is 0.170. The summed E-state index contributed by atoms with van der Waals surface area (Å²) >= 11 is 11.6. The minimum absolute atomic E-state index is 0.170. The number of halogens is 2. The molecule has 2 rings (SSSR count). The number of hydrogen-bond donors (Lipinski definition) is 1. The summed E-state index contributed by atoms with van der Waals surface area (Å²) in [5, 5.41) is 9.63. The fraction of sp³-hybridized carbons (Fsp3) is 0.600. The van der Waals surface area contributed by atoms with Crippen LogP contribution >= 0.6 is 23.2 Å². The van der Waals surface area contributed by atoms with Gasteiger partial charge in [0.2, 0.25) is 5.28 Å². The van der Waals surface area contributed by atoms with Crippen molar-refractivity contribution in [3.05, 3.63) is 22.2 Å². The molecule has 0 aromatic carbocycles. The zero-order valence-corrected chi connectivity index (χ0v) is 10.2. The standard InChI is InChI=1S/C10H13Cl2N3O/c11-9-8(3-13-10(12)14-9)5-15-2-1-7(4-15)6-16/h3,7,16H,1-2,4-6H2. The number of aliphatic hydroxyl groups is 1. The summed E-state index contributed by atoms with van der Waals surface area (Å²) in [5.41, 5.74) is 0.879. The Labute approximate surface area is 104 Å². The number of hydrogen-bond acceptors (Lipinski definition) is 4. The second kappa shape index (κ2) is 5.27. The zero-order valence-electron chi connectivity index (χ0n) is 8.74. The maximum atomic E-state index is 9.05. The summed E-state index contributed by atoms with van der Waals surface area (Å²) in [6.45, 7) is 2.84. The number of aliphatic hydroxyl groups excluding tert-OH is 1. The van der Waals surface area contributed by atoms with Crippen LogP contribution in [0.5, 0.6) is 0 Å². The van der Waals surface area contributed by atoms with Gasteiger partial charge < -0.3 is 5.11 Å².